The van der Waals surface area contributed by atoms with Crippen LogP contribution in [0.15, 0.2) is 97.2 Å². The molecule has 0 aliphatic heterocycles. The molecule has 0 saturated heterocycles. The molecule has 7 rings (SSSR count). The van der Waals surface area contributed by atoms with E-state index in [0.29, 0.717) is 0 Å². The van der Waals surface area contributed by atoms with Crippen LogP contribution in [0.5, 0.6) is 0 Å². The van der Waals surface area contributed by atoms with Gasteiger partial charge in [0.25, 0.3) is 0 Å². The van der Waals surface area contributed by atoms with E-state index in [1.807, 2.05) is 0 Å². The Balaban J connectivity index is 1.34. The summed E-state index contributed by atoms with van der Waals surface area (Å²) in [5, 5.41) is 14.1. The zero-order valence-electron chi connectivity index (χ0n) is 23.3. The summed E-state index contributed by atoms with van der Waals surface area (Å²) in [6.45, 7) is 4.53. The summed E-state index contributed by atoms with van der Waals surface area (Å²) < 4.78 is 4.50. The third kappa shape index (κ3) is 4.15. The molecule has 3 aromatic heterocycles. The van der Waals surface area contributed by atoms with Crippen molar-refractivity contribution in [3.8, 4) is 17.1 Å². The lowest BCUT2D eigenvalue weighted by Gasteiger charge is -2.10. The van der Waals surface area contributed by atoms with Gasteiger partial charge in [-0.3, -0.25) is 4.40 Å². The smallest absolute Gasteiger partial charge is 0.168 e. The Morgan fingerprint density at radius 2 is 1.27 bits per heavy atom. The number of aromatic nitrogens is 4. The van der Waals surface area contributed by atoms with Crippen molar-refractivity contribution in [3.63, 3.8) is 0 Å². The van der Waals surface area contributed by atoms with E-state index >= 15 is 0 Å². The third-order valence-corrected chi connectivity index (χ3v) is 8.22. The minimum atomic E-state index is 0.857. The molecule has 0 atom stereocenters. The summed E-state index contributed by atoms with van der Waals surface area (Å²) in [5.41, 5.74) is 8.46. The highest BCUT2D eigenvalue weighted by Gasteiger charge is 2.15. The van der Waals surface area contributed by atoms with E-state index in [-0.39, 0.29) is 0 Å². The van der Waals surface area contributed by atoms with Gasteiger partial charge in [0, 0.05) is 33.6 Å². The number of hydrogen-bond acceptors (Lipinski definition) is 2. The van der Waals surface area contributed by atoms with Crippen LogP contribution in [0.1, 0.15) is 50.7 Å². The first-order valence-electron chi connectivity index (χ1n) is 14.6. The molecule has 0 unspecified atom stereocenters. The van der Waals surface area contributed by atoms with Crippen molar-refractivity contribution in [3.05, 3.63) is 108 Å². The van der Waals surface area contributed by atoms with Crippen LogP contribution in [0.3, 0.4) is 0 Å². The highest BCUT2D eigenvalue weighted by Crippen LogP contribution is 2.35. The molecule has 0 aliphatic rings. The molecule has 3 heterocycles. The normalized spacial score (nSPS) is 11.8. The zero-order valence-corrected chi connectivity index (χ0v) is 23.3. The van der Waals surface area contributed by atoms with Crippen molar-refractivity contribution in [2.24, 2.45) is 0 Å². The van der Waals surface area contributed by atoms with Crippen LogP contribution in [0.2, 0.25) is 0 Å². The van der Waals surface area contributed by atoms with Gasteiger partial charge in [0.15, 0.2) is 11.5 Å². The van der Waals surface area contributed by atoms with Crippen LogP contribution in [0, 0.1) is 0 Å². The number of fused-ring (bicyclic) bond motifs is 6. The van der Waals surface area contributed by atoms with Crippen molar-refractivity contribution in [2.45, 2.75) is 52.4 Å². The summed E-state index contributed by atoms with van der Waals surface area (Å²) in [5.74, 6) is 0.857. The molecule has 198 valence electrons. The van der Waals surface area contributed by atoms with Gasteiger partial charge in [-0.2, -0.15) is 0 Å². The quantitative estimate of drug-likeness (QED) is 0.199. The second-order valence-corrected chi connectivity index (χ2v) is 10.9. The van der Waals surface area contributed by atoms with Gasteiger partial charge in [-0.15, -0.1) is 10.2 Å². The summed E-state index contributed by atoms with van der Waals surface area (Å²) in [7, 11) is 0. The molecule has 0 fully saturated rings. The number of pyridine rings is 1. The molecule has 0 aliphatic carbocycles. The number of aryl methyl sites for hydroxylation is 2. The lowest BCUT2D eigenvalue weighted by Crippen LogP contribution is -1.95. The first-order valence-corrected chi connectivity index (χ1v) is 14.6. The van der Waals surface area contributed by atoms with Crippen LogP contribution in [-0.2, 0) is 12.8 Å². The van der Waals surface area contributed by atoms with Crippen molar-refractivity contribution < 1.29 is 0 Å². The Hall–Kier alpha value is -4.44. The number of benzene rings is 4. The predicted octanol–water partition coefficient (Wildman–Crippen LogP) is 9.33. The summed E-state index contributed by atoms with van der Waals surface area (Å²) in [4.78, 5) is 0. The van der Waals surface area contributed by atoms with Crippen LogP contribution in [-0.4, -0.2) is 19.2 Å². The van der Waals surface area contributed by atoms with Gasteiger partial charge < -0.3 is 4.57 Å². The number of unbranched alkanes of at least 4 members (excludes halogenated alkanes) is 2. The van der Waals surface area contributed by atoms with E-state index in [1.54, 1.807) is 0 Å². The number of rotatable bonds is 8. The lowest BCUT2D eigenvalue weighted by molar-refractivity contribution is 0.795. The van der Waals surface area contributed by atoms with Crippen molar-refractivity contribution in [2.75, 3.05) is 0 Å². The van der Waals surface area contributed by atoms with E-state index in [1.165, 1.54) is 64.0 Å². The summed E-state index contributed by atoms with van der Waals surface area (Å²) in [6.07, 6.45) is 9.20. The van der Waals surface area contributed by atoms with Gasteiger partial charge in [-0.05, 0) is 96.8 Å². The van der Waals surface area contributed by atoms with E-state index in [9.17, 15) is 0 Å². The maximum atomic E-state index is 4.58. The second-order valence-electron chi connectivity index (χ2n) is 10.9. The lowest BCUT2D eigenvalue weighted by atomic mass is 10.0. The predicted molar refractivity (Wildman–Crippen MR) is 167 cm³/mol. The average molecular weight is 523 g/mol. The van der Waals surface area contributed by atoms with Crippen LogP contribution in [0.25, 0.3) is 55.3 Å². The largest absolute Gasteiger partial charge is 0.309 e. The maximum absolute atomic E-state index is 4.58. The topological polar surface area (TPSA) is 35.1 Å². The Labute approximate surface area is 234 Å². The highest BCUT2D eigenvalue weighted by atomic mass is 15.2. The molecular weight excluding hydrogens is 488 g/mol. The SMILES string of the molecule is CCCCc1ccc2c(c1)c1cc(CCCC)ccc1n2-c1ccc(-c2nnc3c4ccccc4ccn23)cc1. The summed E-state index contributed by atoms with van der Waals surface area (Å²) >= 11 is 0. The monoisotopic (exact) mass is 522 g/mol. The average Bonchev–Trinajstić information content (AvgIpc) is 3.58. The van der Waals surface area contributed by atoms with Gasteiger partial charge in [0.1, 0.15) is 0 Å². The van der Waals surface area contributed by atoms with E-state index in [4.69, 9.17) is 0 Å². The first kappa shape index (κ1) is 24.6. The molecule has 0 amide bonds. The van der Waals surface area contributed by atoms with E-state index < -0.39 is 0 Å². The van der Waals surface area contributed by atoms with E-state index in [0.717, 1.165) is 41.0 Å². The van der Waals surface area contributed by atoms with Crippen molar-refractivity contribution >= 4 is 38.2 Å². The van der Waals surface area contributed by atoms with E-state index in [2.05, 4.69) is 130 Å². The maximum Gasteiger partial charge on any atom is 0.168 e. The van der Waals surface area contributed by atoms with Crippen molar-refractivity contribution in [1.29, 1.82) is 0 Å². The van der Waals surface area contributed by atoms with Crippen LogP contribution < -0.4 is 0 Å². The van der Waals surface area contributed by atoms with Gasteiger partial charge >= 0.3 is 0 Å². The molecule has 4 heteroatoms. The van der Waals surface area contributed by atoms with Crippen LogP contribution in [0.4, 0.5) is 0 Å². The van der Waals surface area contributed by atoms with Gasteiger partial charge in [-0.1, -0.05) is 63.1 Å². The van der Waals surface area contributed by atoms with Gasteiger partial charge in [0.05, 0.1) is 11.0 Å². The molecule has 0 N–H and O–H groups in total. The Morgan fingerprint density at radius 3 is 1.93 bits per heavy atom. The third-order valence-electron chi connectivity index (χ3n) is 8.22. The molecule has 0 bridgehead atoms. The zero-order chi connectivity index (χ0) is 27.1. The minimum absolute atomic E-state index is 0.857. The second kappa shape index (κ2) is 10.3. The molecule has 4 nitrogen and oxygen atoms in total. The number of nitrogens with zero attached hydrogens (tertiary/aromatic N) is 4. The molecule has 4 aromatic carbocycles. The fourth-order valence-corrected chi connectivity index (χ4v) is 6.04. The Bertz CT molecular complexity index is 1910. The van der Waals surface area contributed by atoms with Gasteiger partial charge in [0.2, 0.25) is 0 Å². The summed E-state index contributed by atoms with van der Waals surface area (Å²) in [6, 6.07) is 33.3. The molecular formula is C36H34N4. The van der Waals surface area contributed by atoms with Crippen LogP contribution >= 0.6 is 0 Å². The highest BCUT2D eigenvalue weighted by molar-refractivity contribution is 6.09. The number of hydrogen-bond donors (Lipinski definition) is 0. The minimum Gasteiger partial charge on any atom is -0.309 e. The molecule has 0 radical (unpaired) electrons. The standard InChI is InChI=1S/C36H34N4/c1-3-5-9-25-13-19-33-31(23-25)32-24-26(10-6-4-2)14-20-34(32)40(33)29-17-15-28(16-18-29)35-37-38-36-30-12-8-7-11-27(30)21-22-39(35)36/h7-8,11-24H,3-6,9-10H2,1-2H3. The fraction of sp³-hybridized carbons (Fsp3) is 0.222. The first-order chi connectivity index (χ1) is 19.7. The molecule has 0 spiro atoms. The molecule has 7 aromatic rings. The van der Waals surface area contributed by atoms with Gasteiger partial charge in [-0.25, -0.2) is 0 Å². The Kier molecular flexibility index (Phi) is 6.31. The Morgan fingerprint density at radius 1 is 0.625 bits per heavy atom. The molecule has 40 heavy (non-hydrogen) atoms. The molecule has 0 saturated carbocycles. The van der Waals surface area contributed by atoms with Crippen molar-refractivity contribution in [1.82, 2.24) is 19.2 Å². The fourth-order valence-electron chi connectivity index (χ4n) is 6.04.